The molecule has 3 aliphatic rings. The van der Waals surface area contributed by atoms with E-state index in [1.165, 1.54) is 133 Å². The van der Waals surface area contributed by atoms with Crippen LogP contribution >= 0.6 is 0 Å². The molecule has 0 amide bonds. The summed E-state index contributed by atoms with van der Waals surface area (Å²) in [6.45, 7) is 0. The minimum absolute atomic E-state index is 0.356. The monoisotopic (exact) mass is 873 g/mol. The van der Waals surface area contributed by atoms with E-state index in [-0.39, 0.29) is 5.41 Å². The minimum Gasteiger partial charge on any atom is -0.309 e. The summed E-state index contributed by atoms with van der Waals surface area (Å²) in [4.78, 5) is 0. The first-order valence-electron chi connectivity index (χ1n) is 24.2. The first kappa shape index (κ1) is 38.3. The van der Waals surface area contributed by atoms with Crippen molar-refractivity contribution in [2.45, 2.75) is 11.8 Å². The Morgan fingerprint density at radius 3 is 1.48 bits per heavy atom. The molecule has 1 heterocycles. The Bertz CT molecular complexity index is 3970. The third-order valence-electron chi connectivity index (χ3n) is 15.6. The number of hydrogen-bond donors (Lipinski definition) is 0. The number of benzene rings is 11. The summed E-state index contributed by atoms with van der Waals surface area (Å²) in [5.41, 5.74) is 29.5. The Balaban J connectivity index is 0.849. The van der Waals surface area contributed by atoms with E-state index in [2.05, 4.69) is 253 Å². The first-order valence-corrected chi connectivity index (χ1v) is 24.2. The Kier molecular flexibility index (Phi) is 8.12. The fourth-order valence-electron chi connectivity index (χ4n) is 12.7. The highest BCUT2D eigenvalue weighted by Gasteiger charge is 2.53. The van der Waals surface area contributed by atoms with Crippen molar-refractivity contribution in [3.8, 4) is 83.6 Å². The number of hydrogen-bond acceptors (Lipinski definition) is 0. The smallest absolute Gasteiger partial charge is 0.0728 e. The lowest BCUT2D eigenvalue weighted by molar-refractivity contribution is 0.784. The van der Waals surface area contributed by atoms with E-state index in [1.54, 1.807) is 0 Å². The molecule has 0 aliphatic heterocycles. The van der Waals surface area contributed by atoms with Crippen molar-refractivity contribution >= 4 is 21.8 Å². The van der Waals surface area contributed by atoms with Gasteiger partial charge in [0.15, 0.2) is 0 Å². The predicted octanol–water partition coefficient (Wildman–Crippen LogP) is 17.4. The van der Waals surface area contributed by atoms with E-state index in [1.807, 2.05) is 0 Å². The van der Waals surface area contributed by atoms with Crippen molar-refractivity contribution in [1.29, 1.82) is 0 Å². The zero-order valence-corrected chi connectivity index (χ0v) is 37.8. The third-order valence-corrected chi connectivity index (χ3v) is 15.6. The maximum absolute atomic E-state index is 2.47. The molecular formula is C68H43N. The Labute approximate surface area is 401 Å². The van der Waals surface area contributed by atoms with Gasteiger partial charge in [-0.25, -0.2) is 0 Å². The van der Waals surface area contributed by atoms with Crippen LogP contribution < -0.4 is 0 Å². The fourth-order valence-corrected chi connectivity index (χ4v) is 12.7. The highest BCUT2D eigenvalue weighted by molar-refractivity contribution is 6.11. The summed E-state index contributed by atoms with van der Waals surface area (Å²) in [5.74, 6) is 0. The molecule has 1 aromatic heterocycles. The number of nitrogens with zero attached hydrogens (tertiary/aromatic N) is 1. The summed E-state index contributed by atoms with van der Waals surface area (Å²) < 4.78 is 2.45. The minimum atomic E-state index is -0.356. The number of para-hydroxylation sites is 1. The van der Waals surface area contributed by atoms with Gasteiger partial charge < -0.3 is 4.57 Å². The molecule has 69 heavy (non-hydrogen) atoms. The summed E-state index contributed by atoms with van der Waals surface area (Å²) in [6.07, 6.45) is 0.921. The molecule has 0 radical (unpaired) electrons. The zero-order chi connectivity index (χ0) is 45.2. The number of fused-ring (bicyclic) bond motifs is 17. The molecule has 3 aliphatic carbocycles. The second kappa shape index (κ2) is 14.6. The van der Waals surface area contributed by atoms with Crippen LogP contribution in [0.5, 0.6) is 0 Å². The van der Waals surface area contributed by atoms with Crippen molar-refractivity contribution in [2.75, 3.05) is 0 Å². The second-order valence-corrected chi connectivity index (χ2v) is 19.1. The topological polar surface area (TPSA) is 4.93 Å². The molecule has 0 saturated heterocycles. The van der Waals surface area contributed by atoms with Crippen LogP contribution in [0.2, 0.25) is 0 Å². The number of aromatic nitrogens is 1. The third kappa shape index (κ3) is 5.47. The van der Waals surface area contributed by atoms with Gasteiger partial charge in [-0.2, -0.15) is 0 Å². The molecule has 0 bridgehead atoms. The summed E-state index contributed by atoms with van der Waals surface area (Å²) >= 11 is 0. The first-order chi connectivity index (χ1) is 34.2. The second-order valence-electron chi connectivity index (χ2n) is 19.1. The molecule has 320 valence electrons. The highest BCUT2D eigenvalue weighted by Crippen LogP contribution is 2.65. The van der Waals surface area contributed by atoms with Crippen LogP contribution in [0.4, 0.5) is 0 Å². The molecule has 1 heteroatoms. The van der Waals surface area contributed by atoms with E-state index in [9.17, 15) is 0 Å². The van der Waals surface area contributed by atoms with Crippen LogP contribution in [-0.4, -0.2) is 4.57 Å². The van der Waals surface area contributed by atoms with Gasteiger partial charge in [0.05, 0.1) is 16.4 Å². The van der Waals surface area contributed by atoms with Crippen molar-refractivity contribution < 1.29 is 0 Å². The average Bonchev–Trinajstić information content (AvgIpc) is 4.15. The van der Waals surface area contributed by atoms with Crippen LogP contribution in [0, 0.1) is 0 Å². The Morgan fingerprint density at radius 1 is 0.290 bits per heavy atom. The molecule has 12 aromatic rings. The molecule has 15 rings (SSSR count). The van der Waals surface area contributed by atoms with Crippen LogP contribution in [0.25, 0.3) is 105 Å². The van der Waals surface area contributed by atoms with E-state index in [4.69, 9.17) is 0 Å². The van der Waals surface area contributed by atoms with E-state index >= 15 is 0 Å². The largest absolute Gasteiger partial charge is 0.309 e. The molecule has 0 fully saturated rings. The summed E-state index contributed by atoms with van der Waals surface area (Å²) in [6, 6.07) is 93.0. The quantitative estimate of drug-likeness (QED) is 0.162. The zero-order valence-electron chi connectivity index (χ0n) is 37.8. The molecule has 0 atom stereocenters. The van der Waals surface area contributed by atoms with Gasteiger partial charge in [0, 0.05) is 16.5 Å². The van der Waals surface area contributed by atoms with Crippen molar-refractivity contribution in [3.63, 3.8) is 0 Å². The van der Waals surface area contributed by atoms with E-state index in [0.717, 1.165) is 12.1 Å². The Hall–Kier alpha value is -8.78. The molecule has 1 nitrogen and oxygen atoms in total. The normalized spacial score (nSPS) is 13.3. The molecular weight excluding hydrogens is 831 g/mol. The van der Waals surface area contributed by atoms with Gasteiger partial charge in [-0.3, -0.25) is 0 Å². The predicted molar refractivity (Wildman–Crippen MR) is 287 cm³/mol. The molecule has 11 aromatic carbocycles. The SMILES string of the molecule is c1ccc(-c2cc(-c3ccccc3)cc(-c3cccc(-n4c5ccccc5c5cc(-c6ccc7c(c6)-c6ccc8c(c6C7)C6(c7ccccc7-c7ccccc76)c6ccccc6-8)ccc54)c3)c2)cc1. The lowest BCUT2D eigenvalue weighted by Gasteiger charge is -2.32. The maximum atomic E-state index is 2.47. The van der Waals surface area contributed by atoms with Gasteiger partial charge in [0.25, 0.3) is 0 Å². The van der Waals surface area contributed by atoms with Gasteiger partial charge >= 0.3 is 0 Å². The molecule has 0 unspecified atom stereocenters. The maximum Gasteiger partial charge on any atom is 0.0728 e. The number of rotatable bonds is 5. The van der Waals surface area contributed by atoms with Crippen LogP contribution in [-0.2, 0) is 11.8 Å². The van der Waals surface area contributed by atoms with E-state index < -0.39 is 0 Å². The van der Waals surface area contributed by atoms with Gasteiger partial charge in [0.2, 0.25) is 0 Å². The summed E-state index contributed by atoms with van der Waals surface area (Å²) in [5, 5.41) is 2.50. The average molecular weight is 874 g/mol. The van der Waals surface area contributed by atoms with Crippen LogP contribution in [0.15, 0.2) is 249 Å². The molecule has 1 spiro atoms. The van der Waals surface area contributed by atoms with Gasteiger partial charge in [-0.1, -0.05) is 194 Å². The summed E-state index contributed by atoms with van der Waals surface area (Å²) in [7, 11) is 0. The lowest BCUT2D eigenvalue weighted by Crippen LogP contribution is -2.27. The fraction of sp³-hybridized carbons (Fsp3) is 0.0294. The van der Waals surface area contributed by atoms with Gasteiger partial charge in [-0.15, -0.1) is 0 Å². The van der Waals surface area contributed by atoms with Crippen molar-refractivity contribution in [2.24, 2.45) is 0 Å². The lowest BCUT2D eigenvalue weighted by atomic mass is 9.69. The van der Waals surface area contributed by atoms with Crippen LogP contribution in [0.1, 0.15) is 33.4 Å². The van der Waals surface area contributed by atoms with Crippen molar-refractivity contribution in [3.05, 3.63) is 282 Å². The molecule has 0 N–H and O–H groups in total. The van der Waals surface area contributed by atoms with Crippen LogP contribution in [0.3, 0.4) is 0 Å². The molecule has 0 saturated carbocycles. The van der Waals surface area contributed by atoms with Crippen molar-refractivity contribution in [1.82, 2.24) is 4.57 Å². The van der Waals surface area contributed by atoms with Gasteiger partial charge in [-0.05, 0) is 172 Å². The Morgan fingerprint density at radius 2 is 0.797 bits per heavy atom. The van der Waals surface area contributed by atoms with Gasteiger partial charge in [0.1, 0.15) is 0 Å². The highest BCUT2D eigenvalue weighted by atomic mass is 15.0. The van der Waals surface area contributed by atoms with E-state index in [0.29, 0.717) is 0 Å². The standard InChI is InChI=1S/C68H43N/c1-3-16-43(17-4-1)49-36-50(44-18-5-2-6-19-44)38-51(37-49)45-20-15-21-52(39-45)69-65-29-14-10-25-57(65)60-41-47(32-35-66(60)69)46-30-31-48-42-61-53(59(48)40-46)33-34-58-56-24-9-13-28-64(56)68(67(58)61)62-26-11-7-22-54(62)55-23-8-12-27-63(55)68/h1-41H,42H2.